The summed E-state index contributed by atoms with van der Waals surface area (Å²) in [4.78, 5) is 10.7. The van der Waals surface area contributed by atoms with Crippen molar-refractivity contribution in [3.63, 3.8) is 0 Å². The third kappa shape index (κ3) is 2.49. The molecule has 4 atom stereocenters. The Morgan fingerprint density at radius 1 is 1.15 bits per heavy atom. The van der Waals surface area contributed by atoms with Crippen LogP contribution in [0.1, 0.15) is 30.9 Å². The van der Waals surface area contributed by atoms with Gasteiger partial charge in [0.25, 0.3) is 5.69 Å². The molecule has 2 bridgehead atoms. The first-order valence-corrected chi connectivity index (χ1v) is 10.5. The number of halogens is 1. The number of hydrogen-bond donors (Lipinski definition) is 1. The van der Waals surface area contributed by atoms with Crippen LogP contribution < -0.4 is 0 Å². The minimum Gasteiger partial charge on any atom is -0.447 e. The van der Waals surface area contributed by atoms with Gasteiger partial charge in [-0.05, 0) is 6.07 Å². The van der Waals surface area contributed by atoms with Crippen LogP contribution in [0.2, 0.25) is 5.02 Å². The maximum atomic E-state index is 11.4. The molecule has 3 aliphatic heterocycles. The summed E-state index contributed by atoms with van der Waals surface area (Å²) in [5, 5.41) is 51.1. The lowest BCUT2D eigenvalue weighted by Gasteiger charge is -2.54. The summed E-state index contributed by atoms with van der Waals surface area (Å²) in [7, 11) is 0. The molecule has 168 valence electrons. The maximum Gasteiger partial charge on any atom is 0.269 e. The number of benzene rings is 1. The zero-order valence-corrected chi connectivity index (χ0v) is 17.8. The Kier molecular flexibility index (Phi) is 4.49. The van der Waals surface area contributed by atoms with Crippen LogP contribution in [0.5, 0.6) is 0 Å². The highest BCUT2D eigenvalue weighted by molar-refractivity contribution is 6.31. The number of nitro groups is 1. The Hall–Kier alpha value is -3.27. The molecule has 1 saturated carbocycles. The van der Waals surface area contributed by atoms with Gasteiger partial charge in [-0.2, -0.15) is 15.8 Å². The smallest absolute Gasteiger partial charge is 0.269 e. The van der Waals surface area contributed by atoms with E-state index in [1.807, 2.05) is 18.2 Å². The third-order valence-electron chi connectivity index (χ3n) is 7.20. The van der Waals surface area contributed by atoms with Gasteiger partial charge in [-0.3, -0.25) is 15.5 Å². The van der Waals surface area contributed by atoms with E-state index >= 15 is 0 Å². The summed E-state index contributed by atoms with van der Waals surface area (Å²) in [5.41, 5.74) is -4.67. The van der Waals surface area contributed by atoms with Crippen molar-refractivity contribution >= 4 is 23.2 Å². The Morgan fingerprint density at radius 3 is 2.45 bits per heavy atom. The van der Waals surface area contributed by atoms with Gasteiger partial charge in [-0.15, -0.1) is 0 Å². The predicted octanol–water partition coefficient (Wildman–Crippen LogP) is 3.11. The SMILES string of the molecule is N#CC1(C#N)C(c2cc([N+](=O)[O-])ccc2Cl)OC23CCC4(CC2C1(C#N)C(=N)O3)OCCO4. The van der Waals surface area contributed by atoms with Gasteiger partial charge < -0.3 is 18.9 Å². The number of hydrogen-bond acceptors (Lipinski definition) is 10. The second kappa shape index (κ2) is 6.86. The Balaban J connectivity index is 1.74. The van der Waals surface area contributed by atoms with Gasteiger partial charge in [-0.25, -0.2) is 0 Å². The number of nitrogens with zero attached hydrogens (tertiary/aromatic N) is 4. The fraction of sp³-hybridized carbons (Fsp3) is 0.524. The molecule has 4 unspecified atom stereocenters. The molecule has 4 aliphatic rings. The molecule has 1 aromatic carbocycles. The maximum absolute atomic E-state index is 11.4. The normalized spacial score (nSPS) is 35.0. The summed E-state index contributed by atoms with van der Waals surface area (Å²) in [5.74, 6) is -4.04. The molecule has 1 spiro atoms. The average Bonchev–Trinajstić information content (AvgIpc) is 3.33. The molecule has 0 amide bonds. The molecule has 0 radical (unpaired) electrons. The molecular weight excluding hydrogens is 454 g/mol. The second-order valence-electron chi connectivity index (χ2n) is 8.52. The van der Waals surface area contributed by atoms with Gasteiger partial charge in [0.05, 0.1) is 42.3 Å². The summed E-state index contributed by atoms with van der Waals surface area (Å²) in [6, 6.07) is 9.44. The topological polar surface area (TPSA) is 175 Å². The van der Waals surface area contributed by atoms with E-state index < -0.39 is 45.2 Å². The van der Waals surface area contributed by atoms with Crippen LogP contribution in [0.3, 0.4) is 0 Å². The van der Waals surface area contributed by atoms with E-state index in [1.54, 1.807) is 0 Å². The number of non-ortho nitro benzene ring substituents is 1. The van der Waals surface area contributed by atoms with Crippen LogP contribution >= 0.6 is 11.6 Å². The minimum absolute atomic E-state index is 0.00151. The Labute approximate surface area is 192 Å². The van der Waals surface area contributed by atoms with Gasteiger partial charge in [0.2, 0.25) is 17.1 Å². The third-order valence-corrected chi connectivity index (χ3v) is 7.55. The summed E-state index contributed by atoms with van der Waals surface area (Å²) >= 11 is 6.35. The first-order chi connectivity index (χ1) is 15.7. The largest absolute Gasteiger partial charge is 0.447 e. The lowest BCUT2D eigenvalue weighted by atomic mass is 9.51. The zero-order valence-electron chi connectivity index (χ0n) is 17.0. The van der Waals surface area contributed by atoms with Crippen molar-refractivity contribution in [2.75, 3.05) is 13.2 Å². The Bertz CT molecular complexity index is 1200. The standard InChI is InChI=1S/C21H16ClN5O6/c22-14-2-1-12(27(28)29)7-13(14)16-18(9-23,10-24)20(11-25)15-8-19(30-5-6-31-19)3-4-21(15,32-16)33-17(20)26/h1-2,7,15-16,26H,3-6,8H2. The number of nitriles is 3. The molecule has 1 N–H and O–H groups in total. The van der Waals surface area contributed by atoms with Gasteiger partial charge in [-0.1, -0.05) is 11.6 Å². The van der Waals surface area contributed by atoms with Crippen molar-refractivity contribution in [3.05, 3.63) is 38.9 Å². The highest BCUT2D eigenvalue weighted by Gasteiger charge is 2.82. The predicted molar refractivity (Wildman–Crippen MR) is 107 cm³/mol. The molecule has 1 aromatic rings. The quantitative estimate of drug-likeness (QED) is 0.503. The lowest BCUT2D eigenvalue weighted by Crippen LogP contribution is -2.63. The minimum atomic E-state index is -2.29. The van der Waals surface area contributed by atoms with Gasteiger partial charge in [0.1, 0.15) is 6.10 Å². The second-order valence-corrected chi connectivity index (χ2v) is 8.93. The van der Waals surface area contributed by atoms with Crippen LogP contribution in [0.25, 0.3) is 0 Å². The van der Waals surface area contributed by atoms with Crippen molar-refractivity contribution in [2.45, 2.75) is 36.9 Å². The monoisotopic (exact) mass is 469 g/mol. The van der Waals surface area contributed by atoms with E-state index in [9.17, 15) is 25.9 Å². The van der Waals surface area contributed by atoms with Crippen molar-refractivity contribution in [2.24, 2.45) is 16.7 Å². The number of rotatable bonds is 2. The summed E-state index contributed by atoms with van der Waals surface area (Å²) in [6.07, 6.45) is -0.930. The first-order valence-electron chi connectivity index (χ1n) is 10.1. The van der Waals surface area contributed by atoms with Crippen LogP contribution in [0.15, 0.2) is 18.2 Å². The van der Waals surface area contributed by atoms with E-state index in [0.29, 0.717) is 19.6 Å². The fourth-order valence-corrected chi connectivity index (χ4v) is 5.89. The molecule has 5 rings (SSSR count). The van der Waals surface area contributed by atoms with E-state index in [4.69, 9.17) is 36.0 Å². The van der Waals surface area contributed by atoms with Crippen molar-refractivity contribution in [3.8, 4) is 18.2 Å². The number of nitro benzene ring substituents is 1. The fourth-order valence-electron chi connectivity index (χ4n) is 5.67. The zero-order chi connectivity index (χ0) is 23.6. The van der Waals surface area contributed by atoms with Crippen LogP contribution in [-0.4, -0.2) is 35.6 Å². The van der Waals surface area contributed by atoms with Crippen molar-refractivity contribution < 1.29 is 23.9 Å². The molecule has 0 aromatic heterocycles. The molecular formula is C21H16ClN5O6. The van der Waals surface area contributed by atoms with Crippen LogP contribution in [0.4, 0.5) is 5.69 Å². The van der Waals surface area contributed by atoms with Crippen LogP contribution in [-0.2, 0) is 18.9 Å². The Morgan fingerprint density at radius 2 is 1.85 bits per heavy atom. The lowest BCUT2D eigenvalue weighted by molar-refractivity contribution is -0.385. The van der Waals surface area contributed by atoms with Gasteiger partial charge in [0, 0.05) is 42.0 Å². The van der Waals surface area contributed by atoms with E-state index in [1.165, 1.54) is 12.1 Å². The highest BCUT2D eigenvalue weighted by Crippen LogP contribution is 2.71. The highest BCUT2D eigenvalue weighted by atomic mass is 35.5. The molecule has 33 heavy (non-hydrogen) atoms. The number of nitrogens with one attached hydrogen (secondary N) is 1. The number of ether oxygens (including phenoxy) is 4. The summed E-state index contributed by atoms with van der Waals surface area (Å²) < 4.78 is 23.8. The van der Waals surface area contributed by atoms with Gasteiger partial charge in [0.15, 0.2) is 11.2 Å². The molecule has 11 nitrogen and oxygen atoms in total. The van der Waals surface area contributed by atoms with Crippen LogP contribution in [0, 0.1) is 66.3 Å². The molecule has 12 heteroatoms. The van der Waals surface area contributed by atoms with E-state index in [0.717, 1.165) is 6.07 Å². The average molecular weight is 470 g/mol. The molecule has 3 heterocycles. The van der Waals surface area contributed by atoms with Crippen molar-refractivity contribution in [1.82, 2.24) is 0 Å². The first kappa shape index (κ1) is 21.6. The molecule has 1 aliphatic carbocycles. The molecule has 3 saturated heterocycles. The molecule has 4 fully saturated rings. The summed E-state index contributed by atoms with van der Waals surface area (Å²) in [6.45, 7) is 0.706. The van der Waals surface area contributed by atoms with Gasteiger partial charge >= 0.3 is 0 Å². The van der Waals surface area contributed by atoms with E-state index in [-0.39, 0.29) is 29.1 Å². The van der Waals surface area contributed by atoms with Crippen molar-refractivity contribution in [1.29, 1.82) is 21.2 Å². The van der Waals surface area contributed by atoms with E-state index in [2.05, 4.69) is 0 Å².